The van der Waals surface area contributed by atoms with Gasteiger partial charge in [0.15, 0.2) is 16.5 Å². The van der Waals surface area contributed by atoms with Crippen molar-refractivity contribution in [2.75, 3.05) is 18.0 Å². The van der Waals surface area contributed by atoms with Gasteiger partial charge >= 0.3 is 5.97 Å². The van der Waals surface area contributed by atoms with Crippen LogP contribution in [-0.2, 0) is 0 Å². The van der Waals surface area contributed by atoms with Crippen molar-refractivity contribution in [3.8, 4) is 0 Å². The van der Waals surface area contributed by atoms with Crippen LogP contribution in [0.4, 0.5) is 5.82 Å². The van der Waals surface area contributed by atoms with Gasteiger partial charge in [0.2, 0.25) is 0 Å². The number of carboxylic acids is 1. The van der Waals surface area contributed by atoms with Gasteiger partial charge in [-0.05, 0) is 18.3 Å². The highest BCUT2D eigenvalue weighted by molar-refractivity contribution is 7.15. The summed E-state index contributed by atoms with van der Waals surface area (Å²) in [5, 5.41) is 11.3. The zero-order chi connectivity index (χ0) is 13.6. The number of fused-ring (bicyclic) bond motifs is 1. The molecule has 0 saturated carbocycles. The zero-order valence-corrected chi connectivity index (χ0v) is 11.9. The van der Waals surface area contributed by atoms with Crippen LogP contribution < -0.4 is 4.90 Å². The third-order valence-corrected chi connectivity index (χ3v) is 4.37. The van der Waals surface area contributed by atoms with E-state index in [9.17, 15) is 9.90 Å². The molecule has 2 atom stereocenters. The molecule has 102 valence electrons. The molecule has 0 aliphatic carbocycles. The van der Waals surface area contributed by atoms with Crippen molar-refractivity contribution in [1.29, 1.82) is 0 Å². The highest BCUT2D eigenvalue weighted by atomic mass is 32.1. The van der Waals surface area contributed by atoms with Gasteiger partial charge in [0.25, 0.3) is 0 Å². The second kappa shape index (κ2) is 4.52. The molecule has 1 N–H and O–H groups in total. The fourth-order valence-electron chi connectivity index (χ4n) is 3.03. The number of aromatic carboxylic acids is 1. The number of nitrogens with zero attached hydrogens (tertiary/aromatic N) is 3. The number of carboxylic acid groups (broad SMARTS) is 1. The van der Waals surface area contributed by atoms with E-state index in [1.165, 1.54) is 17.8 Å². The summed E-state index contributed by atoms with van der Waals surface area (Å²) < 4.78 is 1.67. The summed E-state index contributed by atoms with van der Waals surface area (Å²) >= 11 is 1.47. The lowest BCUT2D eigenvalue weighted by Crippen LogP contribution is -2.39. The highest BCUT2D eigenvalue weighted by Gasteiger charge is 2.29. The highest BCUT2D eigenvalue weighted by Crippen LogP contribution is 2.30. The monoisotopic (exact) mass is 279 g/mol. The topological polar surface area (TPSA) is 57.8 Å². The average molecular weight is 279 g/mol. The van der Waals surface area contributed by atoms with Gasteiger partial charge < -0.3 is 10.0 Å². The molecular formula is C13H17N3O2S. The Kier molecular flexibility index (Phi) is 2.97. The molecule has 1 fully saturated rings. The molecule has 2 aromatic rings. The molecule has 5 nitrogen and oxygen atoms in total. The van der Waals surface area contributed by atoms with Crippen LogP contribution in [-0.4, -0.2) is 33.6 Å². The summed E-state index contributed by atoms with van der Waals surface area (Å²) in [6.07, 6.45) is 2.97. The average Bonchev–Trinajstić information content (AvgIpc) is 2.85. The lowest BCUT2D eigenvalue weighted by molar-refractivity contribution is 0.0690. The number of carbonyl (C=O) groups is 1. The standard InChI is InChI=1S/C13H17N3O2S/c1-8-5-9(2)7-15(6-8)11-10(12(17)18)16-3-4-19-13(16)14-11/h3-4,8-9H,5-7H2,1-2H3,(H,17,18). The fraction of sp³-hybridized carbons (Fsp3) is 0.538. The van der Waals surface area contributed by atoms with E-state index < -0.39 is 5.97 Å². The molecule has 6 heteroatoms. The van der Waals surface area contributed by atoms with E-state index in [-0.39, 0.29) is 5.69 Å². The van der Waals surface area contributed by atoms with Crippen molar-refractivity contribution in [2.45, 2.75) is 20.3 Å². The van der Waals surface area contributed by atoms with Crippen LogP contribution in [0.2, 0.25) is 0 Å². The van der Waals surface area contributed by atoms with E-state index >= 15 is 0 Å². The number of hydrogen-bond donors (Lipinski definition) is 1. The molecule has 0 spiro atoms. The molecule has 2 unspecified atom stereocenters. The predicted octanol–water partition coefficient (Wildman–Crippen LogP) is 2.58. The van der Waals surface area contributed by atoms with Gasteiger partial charge in [-0.2, -0.15) is 0 Å². The molecule has 1 saturated heterocycles. The molecule has 1 aliphatic rings. The molecular weight excluding hydrogens is 262 g/mol. The number of aromatic nitrogens is 2. The SMILES string of the molecule is CC1CC(C)CN(c2nc3sccn3c2C(=O)O)C1. The van der Waals surface area contributed by atoms with Crippen LogP contribution in [0.3, 0.4) is 0 Å². The maximum atomic E-state index is 11.5. The van der Waals surface area contributed by atoms with Gasteiger partial charge in [-0.1, -0.05) is 13.8 Å². The minimum absolute atomic E-state index is 0.289. The fourth-order valence-corrected chi connectivity index (χ4v) is 3.74. The number of imidazole rings is 1. The molecule has 3 rings (SSSR count). The number of anilines is 1. The Hall–Kier alpha value is -1.56. The Balaban J connectivity index is 2.06. The largest absolute Gasteiger partial charge is 0.476 e. The molecule has 0 radical (unpaired) electrons. The van der Waals surface area contributed by atoms with Crippen molar-refractivity contribution in [2.24, 2.45) is 11.8 Å². The Morgan fingerprint density at radius 1 is 1.42 bits per heavy atom. The van der Waals surface area contributed by atoms with Crippen LogP contribution >= 0.6 is 11.3 Å². The Labute approximate surface area is 115 Å². The molecule has 2 aromatic heterocycles. The zero-order valence-electron chi connectivity index (χ0n) is 11.0. The summed E-state index contributed by atoms with van der Waals surface area (Å²) in [4.78, 5) is 18.9. The van der Waals surface area contributed by atoms with Crippen LogP contribution in [0.5, 0.6) is 0 Å². The second-order valence-electron chi connectivity index (χ2n) is 5.50. The second-order valence-corrected chi connectivity index (χ2v) is 6.37. The van der Waals surface area contributed by atoms with Crippen LogP contribution in [0.15, 0.2) is 11.6 Å². The van der Waals surface area contributed by atoms with Crippen molar-refractivity contribution >= 4 is 28.1 Å². The Bertz CT molecular complexity index is 608. The van der Waals surface area contributed by atoms with Crippen molar-refractivity contribution in [1.82, 2.24) is 9.38 Å². The summed E-state index contributed by atoms with van der Waals surface area (Å²) in [7, 11) is 0. The predicted molar refractivity (Wildman–Crippen MR) is 75.2 cm³/mol. The lowest BCUT2D eigenvalue weighted by Gasteiger charge is -2.35. The smallest absolute Gasteiger partial charge is 0.356 e. The van der Waals surface area contributed by atoms with E-state index in [1.54, 1.807) is 10.6 Å². The summed E-state index contributed by atoms with van der Waals surface area (Å²) in [5.41, 5.74) is 0.289. The molecule has 0 bridgehead atoms. The van der Waals surface area contributed by atoms with Crippen molar-refractivity contribution in [3.05, 3.63) is 17.3 Å². The lowest BCUT2D eigenvalue weighted by atomic mass is 9.92. The van der Waals surface area contributed by atoms with Gasteiger partial charge in [0.05, 0.1) is 0 Å². The maximum absolute atomic E-state index is 11.5. The Morgan fingerprint density at radius 3 is 2.74 bits per heavy atom. The van der Waals surface area contributed by atoms with E-state index in [0.29, 0.717) is 17.7 Å². The molecule has 0 amide bonds. The van der Waals surface area contributed by atoms with Crippen LogP contribution in [0.25, 0.3) is 4.96 Å². The minimum atomic E-state index is -0.910. The van der Waals surface area contributed by atoms with E-state index in [4.69, 9.17) is 0 Å². The summed E-state index contributed by atoms with van der Waals surface area (Å²) in [5.74, 6) is 0.861. The number of hydrogen-bond acceptors (Lipinski definition) is 4. The number of rotatable bonds is 2. The minimum Gasteiger partial charge on any atom is -0.476 e. The summed E-state index contributed by atoms with van der Waals surface area (Å²) in [6, 6.07) is 0. The van der Waals surface area contributed by atoms with Crippen molar-refractivity contribution < 1.29 is 9.90 Å². The van der Waals surface area contributed by atoms with Crippen molar-refractivity contribution in [3.63, 3.8) is 0 Å². The van der Waals surface area contributed by atoms with Gasteiger partial charge in [-0.25, -0.2) is 9.78 Å². The molecule has 19 heavy (non-hydrogen) atoms. The third kappa shape index (κ3) is 2.10. The van der Waals surface area contributed by atoms with E-state index in [1.807, 2.05) is 5.38 Å². The number of thiazole rings is 1. The Morgan fingerprint density at radius 2 is 2.11 bits per heavy atom. The molecule has 1 aliphatic heterocycles. The molecule has 3 heterocycles. The first-order valence-corrected chi connectivity index (χ1v) is 7.38. The first kappa shape index (κ1) is 12.5. The maximum Gasteiger partial charge on any atom is 0.356 e. The quantitative estimate of drug-likeness (QED) is 0.918. The van der Waals surface area contributed by atoms with Gasteiger partial charge in [0.1, 0.15) is 0 Å². The first-order valence-electron chi connectivity index (χ1n) is 6.50. The van der Waals surface area contributed by atoms with Gasteiger partial charge in [-0.15, -0.1) is 11.3 Å². The van der Waals surface area contributed by atoms with Crippen LogP contribution in [0.1, 0.15) is 30.8 Å². The van der Waals surface area contributed by atoms with E-state index in [0.717, 1.165) is 18.1 Å². The van der Waals surface area contributed by atoms with Crippen LogP contribution in [0, 0.1) is 11.8 Å². The summed E-state index contributed by atoms with van der Waals surface area (Å²) in [6.45, 7) is 6.19. The first-order chi connectivity index (χ1) is 9.06. The van der Waals surface area contributed by atoms with E-state index in [2.05, 4.69) is 23.7 Å². The number of piperidine rings is 1. The normalized spacial score (nSPS) is 24.0. The molecule has 0 aromatic carbocycles. The van der Waals surface area contributed by atoms with Gasteiger partial charge in [-0.3, -0.25) is 4.40 Å². The van der Waals surface area contributed by atoms with Gasteiger partial charge in [0, 0.05) is 24.7 Å². The third-order valence-electron chi connectivity index (χ3n) is 3.61.